The van der Waals surface area contributed by atoms with Crippen molar-refractivity contribution in [3.8, 4) is 0 Å². The fourth-order valence-corrected chi connectivity index (χ4v) is 1.94. The lowest BCUT2D eigenvalue weighted by Gasteiger charge is -2.07. The van der Waals surface area contributed by atoms with Gasteiger partial charge in [0.25, 0.3) is 5.91 Å². The van der Waals surface area contributed by atoms with Crippen LogP contribution in [0.15, 0.2) is 12.1 Å². The fraction of sp³-hybridized carbons (Fsp3) is 0.364. The standard InChI is InChI=1S/C11H13F2IN2O/c12-8-5-7(10(14)6-9(8)13)11(17)16-4-2-1-3-15/h5-6H,1-4,15H2,(H,16,17). The van der Waals surface area contributed by atoms with Gasteiger partial charge in [0, 0.05) is 10.1 Å². The van der Waals surface area contributed by atoms with Crippen LogP contribution in [0, 0.1) is 15.2 Å². The lowest BCUT2D eigenvalue weighted by Crippen LogP contribution is -2.26. The normalized spacial score (nSPS) is 10.4. The lowest BCUT2D eigenvalue weighted by atomic mass is 10.2. The van der Waals surface area contributed by atoms with Gasteiger partial charge in [-0.15, -0.1) is 0 Å². The number of nitrogens with two attached hydrogens (primary N) is 1. The Labute approximate surface area is 112 Å². The van der Waals surface area contributed by atoms with Crippen LogP contribution in [0.3, 0.4) is 0 Å². The third kappa shape index (κ3) is 4.19. The van der Waals surface area contributed by atoms with E-state index in [1.807, 2.05) is 0 Å². The minimum Gasteiger partial charge on any atom is -0.352 e. The highest BCUT2D eigenvalue weighted by molar-refractivity contribution is 14.1. The number of carbonyl (C=O) groups excluding carboxylic acids is 1. The Morgan fingerprint density at radius 1 is 1.29 bits per heavy atom. The molecular formula is C11H13F2IN2O. The smallest absolute Gasteiger partial charge is 0.252 e. The van der Waals surface area contributed by atoms with Crippen molar-refractivity contribution in [2.24, 2.45) is 5.73 Å². The number of benzene rings is 1. The summed E-state index contributed by atoms with van der Waals surface area (Å²) in [6, 6.07) is 1.92. The first-order chi connectivity index (χ1) is 8.06. The molecule has 0 fully saturated rings. The third-order valence-electron chi connectivity index (χ3n) is 2.17. The molecule has 0 aliphatic rings. The van der Waals surface area contributed by atoms with E-state index in [4.69, 9.17) is 5.73 Å². The van der Waals surface area contributed by atoms with Crippen molar-refractivity contribution >= 4 is 28.5 Å². The van der Waals surface area contributed by atoms with Gasteiger partial charge in [-0.3, -0.25) is 4.79 Å². The summed E-state index contributed by atoms with van der Waals surface area (Å²) >= 11 is 1.80. The maximum atomic E-state index is 13.0. The van der Waals surface area contributed by atoms with Gasteiger partial charge >= 0.3 is 0 Å². The van der Waals surface area contributed by atoms with Crippen LogP contribution in [-0.4, -0.2) is 19.0 Å². The SMILES string of the molecule is NCCCCNC(=O)c1cc(F)c(F)cc1I. The van der Waals surface area contributed by atoms with Crippen LogP contribution in [0.5, 0.6) is 0 Å². The summed E-state index contributed by atoms with van der Waals surface area (Å²) < 4.78 is 26.2. The Morgan fingerprint density at radius 3 is 2.59 bits per heavy atom. The molecule has 3 N–H and O–H groups in total. The Hall–Kier alpha value is -0.760. The van der Waals surface area contributed by atoms with Crippen LogP contribution in [0.25, 0.3) is 0 Å². The number of nitrogens with one attached hydrogen (secondary N) is 1. The minimum atomic E-state index is -1.02. The van der Waals surface area contributed by atoms with Crippen LogP contribution in [-0.2, 0) is 0 Å². The molecule has 0 saturated carbocycles. The van der Waals surface area contributed by atoms with Gasteiger partial charge in [-0.2, -0.15) is 0 Å². The molecule has 0 aliphatic heterocycles. The zero-order chi connectivity index (χ0) is 12.8. The minimum absolute atomic E-state index is 0.150. The van der Waals surface area contributed by atoms with E-state index in [0.717, 1.165) is 25.0 Å². The van der Waals surface area contributed by atoms with Gasteiger partial charge in [0.15, 0.2) is 11.6 Å². The van der Waals surface area contributed by atoms with Gasteiger partial charge in [0.05, 0.1) is 5.56 Å². The summed E-state index contributed by atoms with van der Waals surface area (Å²) in [5.74, 6) is -2.36. The molecule has 0 bridgehead atoms. The average molecular weight is 354 g/mol. The summed E-state index contributed by atoms with van der Waals surface area (Å²) in [6.45, 7) is 1.05. The van der Waals surface area contributed by atoms with E-state index in [1.165, 1.54) is 0 Å². The van der Waals surface area contributed by atoms with Gasteiger partial charge in [-0.05, 0) is 54.1 Å². The monoisotopic (exact) mass is 354 g/mol. The van der Waals surface area contributed by atoms with Crippen LogP contribution in [0.4, 0.5) is 8.78 Å². The Bertz CT molecular complexity index is 413. The second kappa shape index (κ2) is 6.85. The van der Waals surface area contributed by atoms with Crippen molar-refractivity contribution in [1.29, 1.82) is 0 Å². The summed E-state index contributed by atoms with van der Waals surface area (Å²) in [4.78, 5) is 11.7. The lowest BCUT2D eigenvalue weighted by molar-refractivity contribution is 0.0951. The van der Waals surface area contributed by atoms with Crippen LogP contribution < -0.4 is 11.1 Å². The van der Waals surface area contributed by atoms with Crippen molar-refractivity contribution < 1.29 is 13.6 Å². The molecular weight excluding hydrogens is 341 g/mol. The number of carbonyl (C=O) groups is 1. The first-order valence-corrected chi connectivity index (χ1v) is 6.27. The number of hydrogen-bond acceptors (Lipinski definition) is 2. The van der Waals surface area contributed by atoms with E-state index in [-0.39, 0.29) is 5.56 Å². The summed E-state index contributed by atoms with van der Waals surface area (Å²) in [6.07, 6.45) is 1.58. The molecule has 94 valence electrons. The summed E-state index contributed by atoms with van der Waals surface area (Å²) in [5, 5.41) is 2.63. The quantitative estimate of drug-likeness (QED) is 0.483. The molecule has 0 unspecified atom stereocenters. The Morgan fingerprint density at radius 2 is 1.94 bits per heavy atom. The predicted molar refractivity (Wildman–Crippen MR) is 69.7 cm³/mol. The molecule has 1 rings (SSSR count). The highest BCUT2D eigenvalue weighted by Crippen LogP contribution is 2.17. The molecule has 1 aromatic rings. The van der Waals surface area contributed by atoms with E-state index in [9.17, 15) is 13.6 Å². The number of unbranched alkanes of at least 4 members (excludes halogenated alkanes) is 1. The molecule has 0 heterocycles. The molecule has 3 nitrogen and oxygen atoms in total. The molecule has 1 amide bonds. The number of amides is 1. The van der Waals surface area contributed by atoms with E-state index < -0.39 is 17.5 Å². The maximum Gasteiger partial charge on any atom is 0.252 e. The highest BCUT2D eigenvalue weighted by Gasteiger charge is 2.13. The second-order valence-electron chi connectivity index (χ2n) is 3.50. The number of halogens is 3. The zero-order valence-corrected chi connectivity index (χ0v) is 11.3. The van der Waals surface area contributed by atoms with Crippen molar-refractivity contribution in [2.75, 3.05) is 13.1 Å². The summed E-state index contributed by atoms with van der Waals surface area (Å²) in [7, 11) is 0. The van der Waals surface area contributed by atoms with Gasteiger partial charge in [0.1, 0.15) is 0 Å². The first-order valence-electron chi connectivity index (χ1n) is 5.19. The van der Waals surface area contributed by atoms with Crippen molar-refractivity contribution in [3.05, 3.63) is 32.9 Å². The molecule has 0 saturated heterocycles. The third-order valence-corrected chi connectivity index (χ3v) is 3.06. The highest BCUT2D eigenvalue weighted by atomic mass is 127. The number of rotatable bonds is 5. The molecule has 0 spiro atoms. The Kier molecular flexibility index (Phi) is 5.76. The van der Waals surface area contributed by atoms with Gasteiger partial charge in [-0.25, -0.2) is 8.78 Å². The van der Waals surface area contributed by atoms with E-state index in [0.29, 0.717) is 16.7 Å². The molecule has 1 aromatic carbocycles. The van der Waals surface area contributed by atoms with E-state index >= 15 is 0 Å². The predicted octanol–water partition coefficient (Wildman–Crippen LogP) is 2.04. The van der Waals surface area contributed by atoms with Crippen LogP contribution in [0.2, 0.25) is 0 Å². The molecule has 0 aromatic heterocycles. The molecule has 0 radical (unpaired) electrons. The van der Waals surface area contributed by atoms with E-state index in [2.05, 4.69) is 5.32 Å². The second-order valence-corrected chi connectivity index (χ2v) is 4.66. The van der Waals surface area contributed by atoms with Gasteiger partial charge < -0.3 is 11.1 Å². The fourth-order valence-electron chi connectivity index (χ4n) is 1.26. The number of hydrogen-bond donors (Lipinski definition) is 2. The van der Waals surface area contributed by atoms with E-state index in [1.54, 1.807) is 22.6 Å². The van der Waals surface area contributed by atoms with Crippen molar-refractivity contribution in [3.63, 3.8) is 0 Å². The van der Waals surface area contributed by atoms with Crippen LogP contribution in [0.1, 0.15) is 23.2 Å². The largest absolute Gasteiger partial charge is 0.352 e. The summed E-state index contributed by atoms with van der Waals surface area (Å²) in [5.41, 5.74) is 5.46. The van der Waals surface area contributed by atoms with Crippen molar-refractivity contribution in [1.82, 2.24) is 5.32 Å². The molecule has 0 atom stereocenters. The molecule has 6 heteroatoms. The first kappa shape index (κ1) is 14.3. The van der Waals surface area contributed by atoms with Crippen LogP contribution >= 0.6 is 22.6 Å². The average Bonchev–Trinajstić information content (AvgIpc) is 2.29. The topological polar surface area (TPSA) is 55.1 Å². The molecule has 17 heavy (non-hydrogen) atoms. The van der Waals surface area contributed by atoms with Gasteiger partial charge in [-0.1, -0.05) is 0 Å². The van der Waals surface area contributed by atoms with Gasteiger partial charge in [0.2, 0.25) is 0 Å². The maximum absolute atomic E-state index is 13.0. The molecule has 0 aliphatic carbocycles. The van der Waals surface area contributed by atoms with Crippen molar-refractivity contribution in [2.45, 2.75) is 12.8 Å². The zero-order valence-electron chi connectivity index (χ0n) is 9.10. The Balaban J connectivity index is 2.66.